The number of hydrogen-bond acceptors (Lipinski definition) is 0. The molecule has 1 fully saturated rings. The van der Waals surface area contributed by atoms with Gasteiger partial charge in [0, 0.05) is 0 Å². The van der Waals surface area contributed by atoms with Crippen LogP contribution in [0.5, 0.6) is 0 Å². The molecule has 17 heavy (non-hydrogen) atoms. The van der Waals surface area contributed by atoms with E-state index in [1.807, 2.05) is 0 Å². The molecular weight excluding hydrogens is 204 g/mol. The Balaban J connectivity index is 1.94. The van der Waals surface area contributed by atoms with Crippen LogP contribution in [0, 0.1) is 5.92 Å². The first kappa shape index (κ1) is 10.8. The lowest BCUT2D eigenvalue weighted by Crippen LogP contribution is -2.03. The summed E-state index contributed by atoms with van der Waals surface area (Å²) in [5.41, 5.74) is 4.62. The first-order chi connectivity index (χ1) is 8.45. The van der Waals surface area contributed by atoms with E-state index < -0.39 is 0 Å². The lowest BCUT2D eigenvalue weighted by Gasteiger charge is -2.19. The number of rotatable bonds is 1. The van der Waals surface area contributed by atoms with Crippen LogP contribution in [0.2, 0.25) is 0 Å². The summed E-state index contributed by atoms with van der Waals surface area (Å²) in [4.78, 5) is 0. The Morgan fingerprint density at radius 3 is 2.59 bits per heavy atom. The minimum atomic E-state index is 0.741. The second-order valence-corrected chi connectivity index (χ2v) is 5.22. The molecule has 0 bridgehead atoms. The van der Waals surface area contributed by atoms with Crippen LogP contribution in [0.25, 0.3) is 5.57 Å². The molecule has 1 aromatic rings. The zero-order chi connectivity index (χ0) is 11.5. The normalized spacial score (nSPS) is 24.4. The van der Waals surface area contributed by atoms with Gasteiger partial charge in [0.05, 0.1) is 0 Å². The molecule has 0 saturated heterocycles. The van der Waals surface area contributed by atoms with Gasteiger partial charge in [-0.05, 0) is 36.3 Å². The predicted octanol–water partition coefficient (Wildman–Crippen LogP) is 4.98. The molecule has 0 aromatic heterocycles. The van der Waals surface area contributed by atoms with Crippen molar-refractivity contribution in [2.24, 2.45) is 5.92 Å². The van der Waals surface area contributed by atoms with Crippen molar-refractivity contribution in [1.82, 2.24) is 0 Å². The van der Waals surface area contributed by atoms with Crippen molar-refractivity contribution in [3.8, 4) is 0 Å². The molecule has 0 amide bonds. The molecule has 0 nitrogen and oxygen atoms in total. The quantitative estimate of drug-likeness (QED) is 0.631. The van der Waals surface area contributed by atoms with E-state index in [-0.39, 0.29) is 0 Å². The lowest BCUT2D eigenvalue weighted by molar-refractivity contribution is 0.519. The van der Waals surface area contributed by atoms with Gasteiger partial charge in [0.25, 0.3) is 0 Å². The van der Waals surface area contributed by atoms with E-state index in [2.05, 4.69) is 42.5 Å². The number of fused-ring (bicyclic) bond motifs is 1. The van der Waals surface area contributed by atoms with Gasteiger partial charge < -0.3 is 0 Å². The van der Waals surface area contributed by atoms with Gasteiger partial charge >= 0.3 is 0 Å². The number of benzene rings is 1. The third-order valence-corrected chi connectivity index (χ3v) is 4.08. The highest BCUT2D eigenvalue weighted by molar-refractivity contribution is 5.80. The van der Waals surface area contributed by atoms with Gasteiger partial charge in [-0.15, -0.1) is 0 Å². The molecule has 0 N–H and O–H groups in total. The minimum Gasteiger partial charge on any atom is -0.0767 e. The third-order valence-electron chi connectivity index (χ3n) is 4.08. The maximum absolute atomic E-state index is 2.43. The Morgan fingerprint density at radius 2 is 1.71 bits per heavy atom. The van der Waals surface area contributed by atoms with Crippen LogP contribution in [0.15, 0.2) is 48.1 Å². The van der Waals surface area contributed by atoms with Crippen LogP contribution in [0.4, 0.5) is 0 Å². The van der Waals surface area contributed by atoms with Crippen LogP contribution in [0.1, 0.15) is 44.1 Å². The summed E-state index contributed by atoms with van der Waals surface area (Å²) in [5.74, 6) is 0.741. The average Bonchev–Trinajstić information content (AvgIpc) is 2.72. The fraction of sp³-hybridized carbons (Fsp3) is 0.412. The molecule has 0 spiro atoms. The highest BCUT2D eigenvalue weighted by Crippen LogP contribution is 2.39. The van der Waals surface area contributed by atoms with Crippen LogP contribution in [-0.2, 0) is 0 Å². The largest absolute Gasteiger partial charge is 0.0767 e. The molecule has 2 aliphatic carbocycles. The number of allylic oxidation sites excluding steroid dienone is 4. The second kappa shape index (κ2) is 4.91. The molecule has 0 aliphatic heterocycles. The minimum absolute atomic E-state index is 0.741. The average molecular weight is 224 g/mol. The summed E-state index contributed by atoms with van der Waals surface area (Å²) in [6.45, 7) is 0. The summed E-state index contributed by atoms with van der Waals surface area (Å²) in [5, 5.41) is 0. The van der Waals surface area contributed by atoms with E-state index in [4.69, 9.17) is 0 Å². The van der Waals surface area contributed by atoms with Crippen molar-refractivity contribution in [2.45, 2.75) is 38.5 Å². The summed E-state index contributed by atoms with van der Waals surface area (Å²) < 4.78 is 0. The molecule has 3 rings (SSSR count). The maximum atomic E-state index is 2.43. The highest BCUT2D eigenvalue weighted by Gasteiger charge is 2.21. The van der Waals surface area contributed by atoms with Gasteiger partial charge in [-0.2, -0.15) is 0 Å². The molecular formula is C17H20. The lowest BCUT2D eigenvalue weighted by atomic mass is 9.86. The molecule has 1 unspecified atom stereocenters. The van der Waals surface area contributed by atoms with Crippen LogP contribution >= 0.6 is 0 Å². The van der Waals surface area contributed by atoms with E-state index in [0.717, 1.165) is 5.92 Å². The summed E-state index contributed by atoms with van der Waals surface area (Å²) in [6, 6.07) is 10.9. The Kier molecular flexibility index (Phi) is 3.13. The molecule has 1 aromatic carbocycles. The van der Waals surface area contributed by atoms with Crippen molar-refractivity contribution in [3.05, 3.63) is 53.6 Å². The zero-order valence-electron chi connectivity index (χ0n) is 10.4. The molecule has 2 aliphatic rings. The van der Waals surface area contributed by atoms with E-state index >= 15 is 0 Å². The van der Waals surface area contributed by atoms with E-state index in [9.17, 15) is 0 Å². The SMILES string of the molecule is C1=CC2CCCCCCC2=C1c1ccccc1. The fourth-order valence-electron chi connectivity index (χ4n) is 3.16. The van der Waals surface area contributed by atoms with Crippen molar-refractivity contribution < 1.29 is 0 Å². The molecule has 0 heteroatoms. The fourth-order valence-corrected chi connectivity index (χ4v) is 3.16. The second-order valence-electron chi connectivity index (χ2n) is 5.22. The Bertz CT molecular complexity index is 436. The molecule has 0 radical (unpaired) electrons. The molecule has 0 heterocycles. The number of hydrogen-bond donors (Lipinski definition) is 0. The monoisotopic (exact) mass is 224 g/mol. The van der Waals surface area contributed by atoms with Crippen LogP contribution in [0.3, 0.4) is 0 Å². The third kappa shape index (κ3) is 2.22. The zero-order valence-corrected chi connectivity index (χ0v) is 10.4. The highest BCUT2D eigenvalue weighted by atomic mass is 14.3. The van der Waals surface area contributed by atoms with E-state index in [1.54, 1.807) is 5.57 Å². The smallest absolute Gasteiger partial charge is 0.00107 e. The van der Waals surface area contributed by atoms with Crippen molar-refractivity contribution in [2.75, 3.05) is 0 Å². The van der Waals surface area contributed by atoms with Gasteiger partial charge in [-0.25, -0.2) is 0 Å². The maximum Gasteiger partial charge on any atom is -0.00107 e. The first-order valence-electron chi connectivity index (χ1n) is 6.92. The van der Waals surface area contributed by atoms with Gasteiger partial charge in [-0.1, -0.05) is 67.3 Å². The Morgan fingerprint density at radius 1 is 0.882 bits per heavy atom. The topological polar surface area (TPSA) is 0 Å². The van der Waals surface area contributed by atoms with Crippen molar-refractivity contribution in [1.29, 1.82) is 0 Å². The summed E-state index contributed by atoms with van der Waals surface area (Å²) in [7, 11) is 0. The van der Waals surface area contributed by atoms with E-state index in [1.165, 1.54) is 49.7 Å². The van der Waals surface area contributed by atoms with Crippen molar-refractivity contribution in [3.63, 3.8) is 0 Å². The van der Waals surface area contributed by atoms with Gasteiger partial charge in [0.1, 0.15) is 0 Å². The Labute approximate surface area is 104 Å². The van der Waals surface area contributed by atoms with Gasteiger partial charge in [0.2, 0.25) is 0 Å². The van der Waals surface area contributed by atoms with Crippen LogP contribution < -0.4 is 0 Å². The summed E-state index contributed by atoms with van der Waals surface area (Å²) >= 11 is 0. The van der Waals surface area contributed by atoms with E-state index in [0.29, 0.717) is 0 Å². The van der Waals surface area contributed by atoms with Gasteiger partial charge in [-0.3, -0.25) is 0 Å². The molecule has 1 atom stereocenters. The first-order valence-corrected chi connectivity index (χ1v) is 6.92. The van der Waals surface area contributed by atoms with Crippen LogP contribution in [-0.4, -0.2) is 0 Å². The Hall–Kier alpha value is -1.30. The summed E-state index contributed by atoms with van der Waals surface area (Å²) in [6.07, 6.45) is 13.1. The van der Waals surface area contributed by atoms with Gasteiger partial charge in [0.15, 0.2) is 0 Å². The molecule has 1 saturated carbocycles. The van der Waals surface area contributed by atoms with Crippen molar-refractivity contribution >= 4 is 5.57 Å². The molecule has 88 valence electrons. The predicted molar refractivity (Wildman–Crippen MR) is 73.7 cm³/mol. The standard InChI is InChI=1S/C17H20/c1-2-7-11-16-15(10-4-1)12-13-17(16)14-8-5-3-6-9-14/h3,5-6,8-9,12-13,15H,1-2,4,7,10-11H2.